The number of hydrogen-bond donors (Lipinski definition) is 0. The van der Waals surface area contributed by atoms with Crippen molar-refractivity contribution in [3.8, 4) is 0 Å². The second kappa shape index (κ2) is 5.51. The molecule has 5 heteroatoms. The number of thiophene rings is 1. The van der Waals surface area contributed by atoms with Crippen molar-refractivity contribution in [2.75, 3.05) is 0 Å². The third-order valence-corrected chi connectivity index (χ3v) is 5.31. The molecule has 2 heterocycles. The molecule has 3 rings (SSSR count). The molecule has 3 aromatic rings. The van der Waals surface area contributed by atoms with Crippen molar-refractivity contribution >= 4 is 49.9 Å². The fourth-order valence-electron chi connectivity index (χ4n) is 2.31. The lowest BCUT2D eigenvalue weighted by molar-refractivity contribution is 0.789. The van der Waals surface area contributed by atoms with Crippen LogP contribution in [0.25, 0.3) is 11.0 Å². The van der Waals surface area contributed by atoms with Crippen molar-refractivity contribution in [1.82, 2.24) is 9.55 Å². The maximum absolute atomic E-state index is 6.05. The highest BCUT2D eigenvalue weighted by atomic mass is 79.9. The Morgan fingerprint density at radius 3 is 2.75 bits per heavy atom. The van der Waals surface area contributed by atoms with E-state index in [4.69, 9.17) is 11.6 Å². The van der Waals surface area contributed by atoms with E-state index >= 15 is 0 Å². The summed E-state index contributed by atoms with van der Waals surface area (Å²) in [5.74, 6) is 1.35. The van der Waals surface area contributed by atoms with Crippen LogP contribution in [0.2, 0.25) is 0 Å². The lowest BCUT2D eigenvalue weighted by Crippen LogP contribution is -2.02. The van der Waals surface area contributed by atoms with Crippen molar-refractivity contribution in [2.24, 2.45) is 0 Å². The molecule has 0 amide bonds. The summed E-state index contributed by atoms with van der Waals surface area (Å²) in [5, 5.41) is 0. The number of imidazole rings is 1. The molecular formula is C15H14BrClN2S. The molecule has 2 nitrogen and oxygen atoms in total. The Morgan fingerprint density at radius 1 is 1.30 bits per heavy atom. The average Bonchev–Trinajstić information content (AvgIpc) is 2.91. The molecule has 104 valence electrons. The fraction of sp³-hybridized carbons (Fsp3) is 0.267. The highest BCUT2D eigenvalue weighted by Gasteiger charge is 2.12. The summed E-state index contributed by atoms with van der Waals surface area (Å²) >= 11 is 11.4. The van der Waals surface area contributed by atoms with E-state index in [0.717, 1.165) is 27.9 Å². The van der Waals surface area contributed by atoms with Crippen LogP contribution in [0.4, 0.5) is 0 Å². The van der Waals surface area contributed by atoms with Crippen LogP contribution in [0.5, 0.6) is 0 Å². The number of fused-ring (bicyclic) bond motifs is 1. The molecule has 0 unspecified atom stereocenters. The van der Waals surface area contributed by atoms with E-state index in [1.165, 1.54) is 15.3 Å². The van der Waals surface area contributed by atoms with Crippen molar-refractivity contribution in [2.45, 2.75) is 26.3 Å². The molecule has 0 bridgehead atoms. The first-order chi connectivity index (χ1) is 9.58. The highest BCUT2D eigenvalue weighted by molar-refractivity contribution is 9.10. The van der Waals surface area contributed by atoms with E-state index in [-0.39, 0.29) is 0 Å². The predicted octanol–water partition coefficient (Wildman–Crippen LogP) is 5.26. The van der Waals surface area contributed by atoms with Crippen LogP contribution < -0.4 is 0 Å². The van der Waals surface area contributed by atoms with E-state index in [0.29, 0.717) is 5.88 Å². The lowest BCUT2D eigenvalue weighted by atomic mass is 10.3. The van der Waals surface area contributed by atoms with E-state index in [1.807, 2.05) is 23.5 Å². The Bertz CT molecular complexity index is 756. The zero-order valence-electron chi connectivity index (χ0n) is 11.3. The van der Waals surface area contributed by atoms with Gasteiger partial charge in [-0.3, -0.25) is 0 Å². The van der Waals surface area contributed by atoms with Gasteiger partial charge in [0.15, 0.2) is 0 Å². The van der Waals surface area contributed by atoms with Gasteiger partial charge in [-0.1, -0.05) is 15.9 Å². The minimum Gasteiger partial charge on any atom is -0.322 e. The summed E-state index contributed by atoms with van der Waals surface area (Å²) in [4.78, 5) is 7.32. The maximum atomic E-state index is 6.05. The number of rotatable bonds is 3. The molecule has 0 fully saturated rings. The van der Waals surface area contributed by atoms with E-state index in [2.05, 4.69) is 51.5 Å². The number of alkyl halides is 1. The molecule has 0 radical (unpaired) electrons. The van der Waals surface area contributed by atoms with Gasteiger partial charge in [-0.05, 0) is 43.7 Å². The molecular weight excluding hydrogens is 356 g/mol. The summed E-state index contributed by atoms with van der Waals surface area (Å²) in [6.07, 6.45) is 0. The van der Waals surface area contributed by atoms with E-state index in [1.54, 1.807) is 0 Å². The summed E-state index contributed by atoms with van der Waals surface area (Å²) in [5.41, 5.74) is 3.47. The Labute approximate surface area is 135 Å². The van der Waals surface area contributed by atoms with E-state index < -0.39 is 0 Å². The molecule has 0 atom stereocenters. The summed E-state index contributed by atoms with van der Waals surface area (Å²) < 4.78 is 3.27. The zero-order valence-corrected chi connectivity index (χ0v) is 14.4. The Kier molecular flexibility index (Phi) is 3.89. The van der Waals surface area contributed by atoms with Gasteiger partial charge in [0.05, 0.1) is 23.5 Å². The Hall–Kier alpha value is -0.840. The highest BCUT2D eigenvalue weighted by Crippen LogP contribution is 2.26. The molecule has 0 saturated heterocycles. The molecule has 2 aromatic heterocycles. The Morgan fingerprint density at radius 2 is 2.10 bits per heavy atom. The minimum absolute atomic E-state index is 0.426. The van der Waals surface area contributed by atoms with Crippen LogP contribution in [-0.4, -0.2) is 9.55 Å². The average molecular weight is 370 g/mol. The third-order valence-electron chi connectivity index (χ3n) is 3.44. The first kappa shape index (κ1) is 14.1. The van der Waals surface area contributed by atoms with Crippen LogP contribution >= 0.6 is 38.9 Å². The molecule has 0 aliphatic carbocycles. The number of benzene rings is 1. The molecule has 0 saturated carbocycles. The standard InChI is InChI=1S/C15H14BrClN2S/c1-9-5-12(20-10(9)2)8-19-14-6-11(16)3-4-13(14)18-15(19)7-17/h3-6H,7-8H2,1-2H3. The SMILES string of the molecule is Cc1cc(Cn2c(CCl)nc3ccc(Br)cc32)sc1C. The van der Waals surface area contributed by atoms with Gasteiger partial charge in [0.1, 0.15) is 5.82 Å². The van der Waals surface area contributed by atoms with Gasteiger partial charge in [0.2, 0.25) is 0 Å². The van der Waals surface area contributed by atoms with Crippen molar-refractivity contribution < 1.29 is 0 Å². The number of halogens is 2. The molecule has 0 aliphatic heterocycles. The van der Waals surface area contributed by atoms with Gasteiger partial charge in [0.25, 0.3) is 0 Å². The minimum atomic E-state index is 0.426. The normalized spacial score (nSPS) is 11.4. The largest absolute Gasteiger partial charge is 0.322 e. The third kappa shape index (κ3) is 2.52. The van der Waals surface area contributed by atoms with Crippen LogP contribution in [0.3, 0.4) is 0 Å². The smallest absolute Gasteiger partial charge is 0.125 e. The Balaban J connectivity index is 2.11. The fourth-order valence-corrected chi connectivity index (χ4v) is 3.90. The molecule has 0 N–H and O–H groups in total. The second-order valence-electron chi connectivity index (χ2n) is 4.83. The summed E-state index contributed by atoms with van der Waals surface area (Å²) in [7, 11) is 0. The van der Waals surface area contributed by atoms with Gasteiger partial charge in [0, 0.05) is 14.2 Å². The first-order valence-electron chi connectivity index (χ1n) is 6.35. The molecule has 1 aromatic carbocycles. The van der Waals surface area contributed by atoms with Crippen molar-refractivity contribution in [3.63, 3.8) is 0 Å². The molecule has 20 heavy (non-hydrogen) atoms. The van der Waals surface area contributed by atoms with Gasteiger partial charge in [-0.2, -0.15) is 0 Å². The van der Waals surface area contributed by atoms with Crippen LogP contribution in [0, 0.1) is 13.8 Å². The summed E-state index contributed by atoms with van der Waals surface area (Å²) in [6.45, 7) is 5.14. The van der Waals surface area contributed by atoms with Crippen molar-refractivity contribution in [1.29, 1.82) is 0 Å². The van der Waals surface area contributed by atoms with Gasteiger partial charge in [-0.25, -0.2) is 4.98 Å². The quantitative estimate of drug-likeness (QED) is 0.575. The lowest BCUT2D eigenvalue weighted by Gasteiger charge is -2.06. The number of nitrogens with zero attached hydrogens (tertiary/aromatic N) is 2. The molecule has 0 spiro atoms. The predicted molar refractivity (Wildman–Crippen MR) is 89.9 cm³/mol. The number of aromatic nitrogens is 2. The first-order valence-corrected chi connectivity index (χ1v) is 8.49. The van der Waals surface area contributed by atoms with Crippen molar-refractivity contribution in [3.05, 3.63) is 49.9 Å². The monoisotopic (exact) mass is 368 g/mol. The van der Waals surface area contributed by atoms with Crippen LogP contribution in [0.1, 0.15) is 21.1 Å². The van der Waals surface area contributed by atoms with Gasteiger partial charge in [-0.15, -0.1) is 22.9 Å². The van der Waals surface area contributed by atoms with Gasteiger partial charge >= 0.3 is 0 Å². The van der Waals surface area contributed by atoms with Gasteiger partial charge < -0.3 is 4.57 Å². The number of hydrogen-bond acceptors (Lipinski definition) is 2. The molecule has 0 aliphatic rings. The maximum Gasteiger partial charge on any atom is 0.125 e. The second-order valence-corrected chi connectivity index (χ2v) is 7.36. The van der Waals surface area contributed by atoms with Crippen LogP contribution in [0.15, 0.2) is 28.7 Å². The van der Waals surface area contributed by atoms with E-state index in [9.17, 15) is 0 Å². The summed E-state index contributed by atoms with van der Waals surface area (Å²) in [6, 6.07) is 8.39. The van der Waals surface area contributed by atoms with Crippen LogP contribution in [-0.2, 0) is 12.4 Å². The zero-order chi connectivity index (χ0) is 14.3. The number of aryl methyl sites for hydroxylation is 2. The topological polar surface area (TPSA) is 17.8 Å².